The largest absolute Gasteiger partial charge is 0.509 e. The summed E-state index contributed by atoms with van der Waals surface area (Å²) < 4.78 is 5.21. The topological polar surface area (TPSA) is 58.6 Å². The van der Waals surface area contributed by atoms with Crippen LogP contribution in [0, 0.1) is 0 Å². The first-order valence-corrected chi connectivity index (χ1v) is 9.19. The van der Waals surface area contributed by atoms with E-state index in [1.165, 1.54) is 17.3 Å². The number of hydrogen-bond acceptors (Lipinski definition) is 4. The van der Waals surface area contributed by atoms with E-state index in [-0.39, 0.29) is 17.7 Å². The van der Waals surface area contributed by atoms with Crippen molar-refractivity contribution in [2.45, 2.75) is 24.6 Å². The third-order valence-corrected chi connectivity index (χ3v) is 5.32. The molecule has 2 aromatic rings. The Kier molecular flexibility index (Phi) is 5.66. The average molecular weight is 355 g/mol. The number of methoxy groups -OCH3 is 1. The molecule has 0 aliphatic carbocycles. The number of benzene rings is 2. The Morgan fingerprint density at radius 1 is 1.12 bits per heavy atom. The number of aliphatic hydroxyl groups is 1. The summed E-state index contributed by atoms with van der Waals surface area (Å²) in [6, 6.07) is 17.5. The monoisotopic (exact) mass is 355 g/mol. The molecule has 0 fully saturated rings. The number of carbonyl (C=O) groups is 1. The van der Waals surface area contributed by atoms with E-state index in [0.717, 1.165) is 17.7 Å². The number of amides is 1. The number of rotatable bonds is 7. The molecule has 1 atom stereocenters. The van der Waals surface area contributed by atoms with Gasteiger partial charge in [0.25, 0.3) is 5.91 Å². The van der Waals surface area contributed by atoms with Crippen LogP contribution in [0.15, 0.2) is 65.3 Å². The Hall–Kier alpha value is -2.40. The second-order valence-electron chi connectivity index (χ2n) is 5.90. The number of aryl methyl sites for hydroxylation is 1. The molecule has 130 valence electrons. The summed E-state index contributed by atoms with van der Waals surface area (Å²) in [4.78, 5) is 12.6. The van der Waals surface area contributed by atoms with E-state index in [1.54, 1.807) is 7.11 Å². The van der Waals surface area contributed by atoms with E-state index in [2.05, 4.69) is 17.4 Å². The first-order valence-electron chi connectivity index (χ1n) is 8.21. The van der Waals surface area contributed by atoms with Crippen molar-refractivity contribution in [3.8, 4) is 5.75 Å². The predicted molar refractivity (Wildman–Crippen MR) is 101 cm³/mol. The molecular weight excluding hydrogens is 334 g/mol. The Morgan fingerprint density at radius 3 is 2.64 bits per heavy atom. The standard InChI is InChI=1S/C20H21NO3S/c1-24-16-9-5-8-15(12-16)13-25-19-18(22)17(21-20(19)23)11-10-14-6-3-2-4-7-14/h2-9,12,17,22H,10-11,13H2,1H3,(H,21,23). The van der Waals surface area contributed by atoms with Crippen LogP contribution in [0.5, 0.6) is 5.75 Å². The van der Waals surface area contributed by atoms with Crippen LogP contribution in [0.1, 0.15) is 17.5 Å². The number of aliphatic hydroxyl groups excluding tert-OH is 1. The van der Waals surface area contributed by atoms with Crippen LogP contribution in [-0.2, 0) is 17.0 Å². The molecule has 0 saturated carbocycles. The van der Waals surface area contributed by atoms with Gasteiger partial charge in [-0.25, -0.2) is 0 Å². The van der Waals surface area contributed by atoms with Gasteiger partial charge >= 0.3 is 0 Å². The van der Waals surface area contributed by atoms with Crippen LogP contribution in [0.3, 0.4) is 0 Å². The summed E-state index contributed by atoms with van der Waals surface area (Å²) in [5, 5.41) is 13.3. The molecule has 0 spiro atoms. The maximum absolute atomic E-state index is 12.2. The molecule has 5 heteroatoms. The summed E-state index contributed by atoms with van der Waals surface area (Å²) in [6.45, 7) is 0. The molecule has 1 unspecified atom stereocenters. The van der Waals surface area contributed by atoms with E-state index < -0.39 is 0 Å². The van der Waals surface area contributed by atoms with Gasteiger partial charge in [-0.3, -0.25) is 4.79 Å². The lowest BCUT2D eigenvalue weighted by Crippen LogP contribution is -2.29. The van der Waals surface area contributed by atoms with Gasteiger partial charge in [-0.15, -0.1) is 11.8 Å². The molecular formula is C20H21NO3S. The first-order chi connectivity index (χ1) is 12.2. The maximum atomic E-state index is 12.2. The second kappa shape index (κ2) is 8.12. The Morgan fingerprint density at radius 2 is 1.88 bits per heavy atom. The zero-order valence-electron chi connectivity index (χ0n) is 14.1. The fourth-order valence-corrected chi connectivity index (χ4v) is 3.76. The van der Waals surface area contributed by atoms with Crippen molar-refractivity contribution < 1.29 is 14.6 Å². The summed E-state index contributed by atoms with van der Waals surface area (Å²) in [6.07, 6.45) is 1.49. The zero-order chi connectivity index (χ0) is 17.6. The highest BCUT2D eigenvalue weighted by atomic mass is 32.2. The van der Waals surface area contributed by atoms with Crippen molar-refractivity contribution in [1.82, 2.24) is 5.32 Å². The molecule has 4 nitrogen and oxygen atoms in total. The molecule has 25 heavy (non-hydrogen) atoms. The van der Waals surface area contributed by atoms with Gasteiger partial charge in [-0.2, -0.15) is 0 Å². The van der Waals surface area contributed by atoms with Crippen LogP contribution in [0.4, 0.5) is 0 Å². The minimum Gasteiger partial charge on any atom is -0.509 e. The van der Waals surface area contributed by atoms with E-state index in [1.807, 2.05) is 42.5 Å². The van der Waals surface area contributed by atoms with Crippen LogP contribution < -0.4 is 10.1 Å². The molecule has 0 saturated heterocycles. The number of ether oxygens (including phenoxy) is 1. The lowest BCUT2D eigenvalue weighted by Gasteiger charge is -2.10. The normalized spacial score (nSPS) is 16.8. The van der Waals surface area contributed by atoms with E-state index in [4.69, 9.17) is 4.74 Å². The summed E-state index contributed by atoms with van der Waals surface area (Å²) >= 11 is 1.36. The van der Waals surface area contributed by atoms with Crippen molar-refractivity contribution >= 4 is 17.7 Å². The highest BCUT2D eigenvalue weighted by Crippen LogP contribution is 2.31. The van der Waals surface area contributed by atoms with Gasteiger partial charge in [-0.1, -0.05) is 42.5 Å². The molecule has 1 amide bonds. The lowest BCUT2D eigenvalue weighted by molar-refractivity contribution is -0.116. The zero-order valence-corrected chi connectivity index (χ0v) is 14.9. The summed E-state index contributed by atoms with van der Waals surface area (Å²) in [7, 11) is 1.63. The number of carbonyl (C=O) groups excluding carboxylic acids is 1. The van der Waals surface area contributed by atoms with Crippen LogP contribution in [0.2, 0.25) is 0 Å². The van der Waals surface area contributed by atoms with Crippen molar-refractivity contribution in [3.63, 3.8) is 0 Å². The highest BCUT2D eigenvalue weighted by molar-refractivity contribution is 8.03. The molecule has 1 heterocycles. The number of nitrogens with one attached hydrogen (secondary N) is 1. The summed E-state index contributed by atoms with van der Waals surface area (Å²) in [5.41, 5.74) is 2.24. The van der Waals surface area contributed by atoms with E-state index >= 15 is 0 Å². The van der Waals surface area contributed by atoms with Gasteiger partial charge in [0.1, 0.15) is 16.4 Å². The van der Waals surface area contributed by atoms with Crippen LogP contribution >= 0.6 is 11.8 Å². The van der Waals surface area contributed by atoms with Crippen LogP contribution in [-0.4, -0.2) is 24.2 Å². The summed E-state index contributed by atoms with van der Waals surface area (Å²) in [5.74, 6) is 1.36. The molecule has 0 radical (unpaired) electrons. The van der Waals surface area contributed by atoms with Crippen molar-refractivity contribution in [3.05, 3.63) is 76.4 Å². The Labute approximate surface area is 151 Å². The Bertz CT molecular complexity index is 774. The van der Waals surface area contributed by atoms with Crippen molar-refractivity contribution in [2.24, 2.45) is 0 Å². The minimum atomic E-state index is -0.305. The molecule has 0 aromatic heterocycles. The molecule has 2 N–H and O–H groups in total. The van der Waals surface area contributed by atoms with E-state index in [9.17, 15) is 9.90 Å². The third kappa shape index (κ3) is 4.37. The fourth-order valence-electron chi connectivity index (χ4n) is 2.79. The molecule has 3 rings (SSSR count). The molecule has 2 aromatic carbocycles. The van der Waals surface area contributed by atoms with Gasteiger partial charge in [0, 0.05) is 5.75 Å². The lowest BCUT2D eigenvalue weighted by atomic mass is 10.1. The van der Waals surface area contributed by atoms with Gasteiger partial charge in [-0.05, 0) is 36.1 Å². The third-order valence-electron chi connectivity index (χ3n) is 4.16. The Balaban J connectivity index is 1.61. The van der Waals surface area contributed by atoms with Crippen LogP contribution in [0.25, 0.3) is 0 Å². The fraction of sp³-hybridized carbons (Fsp3) is 0.250. The molecule has 1 aliphatic heterocycles. The number of thioether (sulfide) groups is 1. The minimum absolute atomic E-state index is 0.161. The first kappa shape index (κ1) is 17.4. The van der Waals surface area contributed by atoms with Gasteiger partial charge in [0.2, 0.25) is 0 Å². The number of hydrogen-bond donors (Lipinski definition) is 2. The van der Waals surface area contributed by atoms with Gasteiger partial charge in [0.05, 0.1) is 13.2 Å². The molecule has 1 aliphatic rings. The second-order valence-corrected chi connectivity index (χ2v) is 6.89. The highest BCUT2D eigenvalue weighted by Gasteiger charge is 2.31. The van der Waals surface area contributed by atoms with E-state index in [0.29, 0.717) is 17.1 Å². The van der Waals surface area contributed by atoms with Gasteiger partial charge < -0.3 is 15.2 Å². The van der Waals surface area contributed by atoms with Crippen molar-refractivity contribution in [1.29, 1.82) is 0 Å². The quantitative estimate of drug-likeness (QED) is 0.792. The molecule has 0 bridgehead atoms. The smallest absolute Gasteiger partial charge is 0.261 e. The maximum Gasteiger partial charge on any atom is 0.261 e. The predicted octanol–water partition coefficient (Wildman–Crippen LogP) is 3.83. The van der Waals surface area contributed by atoms with Crippen molar-refractivity contribution in [2.75, 3.05) is 7.11 Å². The van der Waals surface area contributed by atoms with Gasteiger partial charge in [0.15, 0.2) is 0 Å². The average Bonchev–Trinajstić information content (AvgIpc) is 2.92. The SMILES string of the molecule is COc1cccc(CSC2=C(O)C(CCc3ccccc3)NC2=O)c1.